The third-order valence-corrected chi connectivity index (χ3v) is 3.10. The highest BCUT2D eigenvalue weighted by Gasteiger charge is 2.17. The van der Waals surface area contributed by atoms with Gasteiger partial charge < -0.3 is 5.73 Å². The molecule has 1 aliphatic heterocycles. The lowest BCUT2D eigenvalue weighted by Crippen LogP contribution is -2.35. The van der Waals surface area contributed by atoms with Crippen LogP contribution in [0.4, 0.5) is 0 Å². The van der Waals surface area contributed by atoms with Crippen molar-refractivity contribution in [3.63, 3.8) is 0 Å². The Bertz CT molecular complexity index is 238. The van der Waals surface area contributed by atoms with Crippen LogP contribution in [0.3, 0.4) is 0 Å². The zero-order valence-electron chi connectivity index (χ0n) is 11.4. The number of rotatable bonds is 4. The summed E-state index contributed by atoms with van der Waals surface area (Å²) >= 11 is 0. The molecule has 0 fully saturated rings. The van der Waals surface area contributed by atoms with Crippen LogP contribution in [-0.2, 0) is 0 Å². The molecule has 0 aromatic heterocycles. The molecule has 2 nitrogen and oxygen atoms in total. The molecule has 2 N–H and O–H groups in total. The van der Waals surface area contributed by atoms with E-state index in [1.54, 1.807) is 0 Å². The van der Waals surface area contributed by atoms with Crippen molar-refractivity contribution in [3.8, 4) is 0 Å². The summed E-state index contributed by atoms with van der Waals surface area (Å²) in [6, 6.07) is 0.353. The Morgan fingerprint density at radius 3 is 2.69 bits per heavy atom. The second-order valence-electron chi connectivity index (χ2n) is 6.43. The summed E-state index contributed by atoms with van der Waals surface area (Å²) in [6.45, 7) is 12.5. The molecule has 0 saturated heterocycles. The summed E-state index contributed by atoms with van der Waals surface area (Å²) in [5, 5.41) is 0. The Kier molecular flexibility index (Phi) is 5.00. The third-order valence-electron chi connectivity index (χ3n) is 3.10. The van der Waals surface area contributed by atoms with Crippen molar-refractivity contribution in [2.24, 2.45) is 11.1 Å². The monoisotopic (exact) mass is 224 g/mol. The second-order valence-corrected chi connectivity index (χ2v) is 6.43. The fraction of sp³-hybridized carbons (Fsp3) is 0.857. The minimum atomic E-state index is 0.353. The second kappa shape index (κ2) is 5.83. The van der Waals surface area contributed by atoms with Gasteiger partial charge in [0, 0.05) is 19.1 Å². The molecular weight excluding hydrogens is 196 g/mol. The lowest BCUT2D eigenvalue weighted by atomic mass is 9.87. The van der Waals surface area contributed by atoms with Gasteiger partial charge in [-0.2, -0.15) is 0 Å². The van der Waals surface area contributed by atoms with E-state index >= 15 is 0 Å². The first kappa shape index (κ1) is 13.7. The van der Waals surface area contributed by atoms with Crippen molar-refractivity contribution in [2.45, 2.75) is 53.0 Å². The number of nitrogens with two attached hydrogens (primary N) is 1. The molecule has 94 valence electrons. The Balaban J connectivity index is 2.22. The van der Waals surface area contributed by atoms with Crippen LogP contribution >= 0.6 is 0 Å². The predicted molar refractivity (Wildman–Crippen MR) is 71.5 cm³/mol. The molecular formula is C14H28N2. The topological polar surface area (TPSA) is 29.3 Å². The standard InChI is InChI=1S/C14H28N2/c1-12-6-5-8-16(11-12)9-7-13(15)10-14(2,3)4/h6,13H,5,7-11,15H2,1-4H3. The SMILES string of the molecule is CC1=CCCN(CCC(N)CC(C)(C)C)C1. The summed E-state index contributed by atoms with van der Waals surface area (Å²) in [4.78, 5) is 2.53. The molecule has 0 aliphatic carbocycles. The van der Waals surface area contributed by atoms with E-state index in [-0.39, 0.29) is 0 Å². The summed E-state index contributed by atoms with van der Waals surface area (Å²) in [5.74, 6) is 0. The van der Waals surface area contributed by atoms with E-state index in [1.165, 1.54) is 18.5 Å². The van der Waals surface area contributed by atoms with E-state index in [4.69, 9.17) is 5.73 Å². The largest absolute Gasteiger partial charge is 0.328 e. The highest BCUT2D eigenvalue weighted by atomic mass is 15.1. The van der Waals surface area contributed by atoms with Crippen molar-refractivity contribution < 1.29 is 0 Å². The Morgan fingerprint density at radius 1 is 1.44 bits per heavy atom. The fourth-order valence-corrected chi connectivity index (χ4v) is 2.42. The molecule has 0 saturated carbocycles. The number of hydrogen-bond acceptors (Lipinski definition) is 2. The highest BCUT2D eigenvalue weighted by molar-refractivity contribution is 5.04. The average Bonchev–Trinajstić information content (AvgIpc) is 2.12. The van der Waals surface area contributed by atoms with Crippen molar-refractivity contribution >= 4 is 0 Å². The molecule has 0 bridgehead atoms. The van der Waals surface area contributed by atoms with Crippen LogP contribution in [0.2, 0.25) is 0 Å². The normalized spacial score (nSPS) is 20.7. The maximum atomic E-state index is 6.17. The zero-order valence-corrected chi connectivity index (χ0v) is 11.4. The van der Waals surface area contributed by atoms with Crippen LogP contribution in [0, 0.1) is 5.41 Å². The Hall–Kier alpha value is -0.340. The van der Waals surface area contributed by atoms with E-state index < -0.39 is 0 Å². The molecule has 1 heterocycles. The van der Waals surface area contributed by atoms with Crippen molar-refractivity contribution in [3.05, 3.63) is 11.6 Å². The van der Waals surface area contributed by atoms with Gasteiger partial charge in [-0.3, -0.25) is 4.90 Å². The number of hydrogen-bond donors (Lipinski definition) is 1. The van der Waals surface area contributed by atoms with Gasteiger partial charge in [-0.25, -0.2) is 0 Å². The first-order valence-corrected chi connectivity index (χ1v) is 6.50. The smallest absolute Gasteiger partial charge is 0.0190 e. The maximum Gasteiger partial charge on any atom is 0.0190 e. The summed E-state index contributed by atoms with van der Waals surface area (Å²) in [7, 11) is 0. The van der Waals surface area contributed by atoms with E-state index in [2.05, 4.69) is 38.7 Å². The third kappa shape index (κ3) is 5.66. The zero-order chi connectivity index (χ0) is 12.2. The van der Waals surface area contributed by atoms with Crippen LogP contribution < -0.4 is 5.73 Å². The van der Waals surface area contributed by atoms with Gasteiger partial charge in [-0.1, -0.05) is 32.4 Å². The van der Waals surface area contributed by atoms with Crippen LogP contribution in [0.5, 0.6) is 0 Å². The molecule has 16 heavy (non-hydrogen) atoms. The predicted octanol–water partition coefficient (Wildman–Crippen LogP) is 2.79. The van der Waals surface area contributed by atoms with Crippen molar-refractivity contribution in [2.75, 3.05) is 19.6 Å². The molecule has 0 spiro atoms. The van der Waals surface area contributed by atoms with Gasteiger partial charge in [0.25, 0.3) is 0 Å². The Labute approximate surface area is 101 Å². The highest BCUT2D eigenvalue weighted by Crippen LogP contribution is 2.21. The molecule has 0 aromatic rings. The van der Waals surface area contributed by atoms with Crippen molar-refractivity contribution in [1.82, 2.24) is 4.90 Å². The molecule has 1 aliphatic rings. The van der Waals surface area contributed by atoms with Gasteiger partial charge in [0.05, 0.1) is 0 Å². The van der Waals surface area contributed by atoms with E-state index in [0.29, 0.717) is 11.5 Å². The lowest BCUT2D eigenvalue weighted by Gasteiger charge is -2.29. The molecule has 1 rings (SSSR count). The van der Waals surface area contributed by atoms with E-state index in [0.717, 1.165) is 25.9 Å². The maximum absolute atomic E-state index is 6.17. The molecule has 1 unspecified atom stereocenters. The van der Waals surface area contributed by atoms with Crippen molar-refractivity contribution in [1.29, 1.82) is 0 Å². The molecule has 0 radical (unpaired) electrons. The molecule has 2 heteroatoms. The van der Waals surface area contributed by atoms with Crippen LogP contribution in [0.1, 0.15) is 47.0 Å². The van der Waals surface area contributed by atoms with Crippen LogP contribution in [0.15, 0.2) is 11.6 Å². The van der Waals surface area contributed by atoms with Gasteiger partial charge in [0.15, 0.2) is 0 Å². The average molecular weight is 224 g/mol. The molecule has 0 amide bonds. The first-order chi connectivity index (χ1) is 7.37. The van der Waals surface area contributed by atoms with Crippen LogP contribution in [0.25, 0.3) is 0 Å². The quantitative estimate of drug-likeness (QED) is 0.744. The molecule has 1 atom stereocenters. The van der Waals surface area contributed by atoms with Gasteiger partial charge in [0.1, 0.15) is 0 Å². The Morgan fingerprint density at radius 2 is 2.12 bits per heavy atom. The van der Waals surface area contributed by atoms with Crippen LogP contribution in [-0.4, -0.2) is 30.6 Å². The van der Waals surface area contributed by atoms with Gasteiger partial charge in [-0.05, 0) is 38.1 Å². The minimum Gasteiger partial charge on any atom is -0.328 e. The fourth-order valence-electron chi connectivity index (χ4n) is 2.42. The van der Waals surface area contributed by atoms with Gasteiger partial charge in [0.2, 0.25) is 0 Å². The van der Waals surface area contributed by atoms with Gasteiger partial charge >= 0.3 is 0 Å². The summed E-state index contributed by atoms with van der Waals surface area (Å²) in [6.07, 6.45) is 5.81. The minimum absolute atomic E-state index is 0.353. The summed E-state index contributed by atoms with van der Waals surface area (Å²) < 4.78 is 0. The number of nitrogens with zero attached hydrogens (tertiary/aromatic N) is 1. The first-order valence-electron chi connectivity index (χ1n) is 6.50. The van der Waals surface area contributed by atoms with E-state index in [9.17, 15) is 0 Å². The molecule has 0 aromatic carbocycles. The van der Waals surface area contributed by atoms with E-state index in [1.807, 2.05) is 0 Å². The van der Waals surface area contributed by atoms with Gasteiger partial charge in [-0.15, -0.1) is 0 Å². The lowest BCUT2D eigenvalue weighted by molar-refractivity contribution is 0.258. The summed E-state index contributed by atoms with van der Waals surface area (Å²) in [5.41, 5.74) is 8.04.